The Morgan fingerprint density at radius 1 is 1.29 bits per heavy atom. The molecule has 6 nitrogen and oxygen atoms in total. The summed E-state index contributed by atoms with van der Waals surface area (Å²) in [5.41, 5.74) is 5.44. The Bertz CT molecular complexity index is 1050. The molecule has 0 atom stereocenters. The first kappa shape index (κ1) is 21.2. The average Bonchev–Trinajstić information content (AvgIpc) is 3.40. The van der Waals surface area contributed by atoms with Crippen molar-refractivity contribution in [1.82, 2.24) is 10.1 Å². The monoisotopic (exact) mass is 437 g/mol. The van der Waals surface area contributed by atoms with E-state index >= 15 is 0 Å². The summed E-state index contributed by atoms with van der Waals surface area (Å²) >= 11 is 1.71. The molecule has 1 aliphatic rings. The van der Waals surface area contributed by atoms with E-state index in [1.54, 1.807) is 11.3 Å². The molecule has 0 spiro atoms. The van der Waals surface area contributed by atoms with E-state index < -0.39 is 0 Å². The third-order valence-electron chi connectivity index (χ3n) is 5.54. The second-order valence-corrected chi connectivity index (χ2v) is 8.52. The molecule has 2 aromatic heterocycles. The molecule has 1 aromatic carbocycles. The van der Waals surface area contributed by atoms with Crippen LogP contribution in [0.2, 0.25) is 0 Å². The van der Waals surface area contributed by atoms with E-state index in [1.165, 1.54) is 11.1 Å². The number of hydrogen-bond donors (Lipinski definition) is 1. The molecule has 0 unspecified atom stereocenters. The summed E-state index contributed by atoms with van der Waals surface area (Å²) in [6.07, 6.45) is 4.83. The minimum absolute atomic E-state index is 0.140. The van der Waals surface area contributed by atoms with Gasteiger partial charge in [-0.2, -0.15) is 11.3 Å². The van der Waals surface area contributed by atoms with Crippen LogP contribution in [0.25, 0.3) is 6.08 Å². The third kappa shape index (κ3) is 5.55. The molecule has 0 bridgehead atoms. The van der Waals surface area contributed by atoms with E-state index in [0.29, 0.717) is 25.6 Å². The van der Waals surface area contributed by atoms with Crippen molar-refractivity contribution < 1.29 is 14.1 Å². The molecule has 31 heavy (non-hydrogen) atoms. The second-order valence-electron chi connectivity index (χ2n) is 7.74. The van der Waals surface area contributed by atoms with Gasteiger partial charge in [0, 0.05) is 25.1 Å². The van der Waals surface area contributed by atoms with E-state index in [0.717, 1.165) is 41.8 Å². The Labute approximate surface area is 186 Å². The van der Waals surface area contributed by atoms with Crippen molar-refractivity contribution in [2.45, 2.75) is 33.1 Å². The zero-order valence-corrected chi connectivity index (χ0v) is 18.7. The van der Waals surface area contributed by atoms with Crippen LogP contribution in [0, 0.1) is 13.8 Å². The molecule has 0 aliphatic carbocycles. The summed E-state index contributed by atoms with van der Waals surface area (Å²) in [5.74, 6) is 1.32. The molecule has 1 N–H and O–H groups in total. The number of urea groups is 1. The SMILES string of the molecule is Cc1noc(NC(=O)N2CCC(=Cc3cccc(OCCc4ccsc4)c3)CC2)c1C. The number of hydrogen-bond acceptors (Lipinski definition) is 5. The highest BCUT2D eigenvalue weighted by Gasteiger charge is 2.21. The summed E-state index contributed by atoms with van der Waals surface area (Å²) in [6, 6.07) is 10.2. The van der Waals surface area contributed by atoms with Crippen LogP contribution in [0.15, 0.2) is 51.2 Å². The topological polar surface area (TPSA) is 67.6 Å². The fraction of sp³-hybridized carbons (Fsp3) is 0.333. The number of rotatable bonds is 6. The summed E-state index contributed by atoms with van der Waals surface area (Å²) in [5, 5.41) is 11.0. The minimum atomic E-state index is -0.140. The fourth-order valence-corrected chi connectivity index (χ4v) is 4.20. The number of nitrogens with one attached hydrogen (secondary N) is 1. The van der Waals surface area contributed by atoms with Crippen LogP contribution in [0.5, 0.6) is 5.75 Å². The molecule has 0 radical (unpaired) electrons. The maximum atomic E-state index is 12.5. The number of carbonyl (C=O) groups is 1. The number of ether oxygens (including phenoxy) is 1. The lowest BCUT2D eigenvalue weighted by Crippen LogP contribution is -2.39. The number of benzene rings is 1. The molecule has 162 valence electrons. The lowest BCUT2D eigenvalue weighted by atomic mass is 10.0. The summed E-state index contributed by atoms with van der Waals surface area (Å²) in [4.78, 5) is 14.3. The molecule has 0 saturated carbocycles. The van der Waals surface area contributed by atoms with Gasteiger partial charge in [0.2, 0.25) is 5.88 Å². The number of amides is 2. The van der Waals surface area contributed by atoms with Crippen molar-refractivity contribution in [3.63, 3.8) is 0 Å². The Morgan fingerprint density at radius 3 is 2.84 bits per heavy atom. The van der Waals surface area contributed by atoms with Crippen LogP contribution in [-0.2, 0) is 6.42 Å². The number of nitrogens with zero attached hydrogens (tertiary/aromatic N) is 2. The van der Waals surface area contributed by atoms with Crippen molar-refractivity contribution in [1.29, 1.82) is 0 Å². The predicted molar refractivity (Wildman–Crippen MR) is 124 cm³/mol. The summed E-state index contributed by atoms with van der Waals surface area (Å²) in [6.45, 7) is 5.78. The van der Waals surface area contributed by atoms with Crippen molar-refractivity contribution in [3.8, 4) is 5.75 Å². The maximum absolute atomic E-state index is 12.5. The normalized spacial score (nSPS) is 13.9. The van der Waals surface area contributed by atoms with E-state index in [4.69, 9.17) is 9.26 Å². The molecular formula is C24H27N3O3S. The molecule has 1 saturated heterocycles. The number of aromatic nitrogens is 1. The van der Waals surface area contributed by atoms with Crippen molar-refractivity contribution >= 4 is 29.3 Å². The molecule has 4 rings (SSSR count). The Hall–Kier alpha value is -3.06. The quantitative estimate of drug-likeness (QED) is 0.538. The van der Waals surface area contributed by atoms with Gasteiger partial charge >= 0.3 is 6.03 Å². The highest BCUT2D eigenvalue weighted by Crippen LogP contribution is 2.23. The van der Waals surface area contributed by atoms with E-state index in [-0.39, 0.29) is 6.03 Å². The van der Waals surface area contributed by atoms with Crippen LogP contribution in [0.1, 0.15) is 35.2 Å². The zero-order valence-electron chi connectivity index (χ0n) is 17.9. The van der Waals surface area contributed by atoms with Crippen LogP contribution in [0.3, 0.4) is 0 Å². The van der Waals surface area contributed by atoms with E-state index in [9.17, 15) is 4.79 Å². The first-order valence-corrected chi connectivity index (χ1v) is 11.4. The van der Waals surface area contributed by atoms with Crippen LogP contribution >= 0.6 is 11.3 Å². The lowest BCUT2D eigenvalue weighted by Gasteiger charge is -2.28. The molecule has 3 heterocycles. The van der Waals surface area contributed by atoms with Gasteiger partial charge < -0.3 is 14.2 Å². The number of piperidine rings is 1. The first-order valence-electron chi connectivity index (χ1n) is 10.5. The van der Waals surface area contributed by atoms with Crippen LogP contribution < -0.4 is 10.1 Å². The molecule has 1 fully saturated rings. The average molecular weight is 438 g/mol. The molecule has 1 aliphatic heterocycles. The smallest absolute Gasteiger partial charge is 0.324 e. The maximum Gasteiger partial charge on any atom is 0.324 e. The second kappa shape index (κ2) is 9.83. The Kier molecular flexibility index (Phi) is 6.72. The predicted octanol–water partition coefficient (Wildman–Crippen LogP) is 5.69. The van der Waals surface area contributed by atoms with Gasteiger partial charge in [0.1, 0.15) is 5.75 Å². The van der Waals surface area contributed by atoms with Gasteiger partial charge in [0.05, 0.1) is 12.3 Å². The van der Waals surface area contributed by atoms with Gasteiger partial charge in [-0.1, -0.05) is 28.9 Å². The molecule has 7 heteroatoms. The minimum Gasteiger partial charge on any atom is -0.493 e. The van der Waals surface area contributed by atoms with Gasteiger partial charge in [-0.25, -0.2) is 4.79 Å². The van der Waals surface area contributed by atoms with Crippen molar-refractivity contribution in [2.75, 3.05) is 25.0 Å². The van der Waals surface area contributed by atoms with Crippen LogP contribution in [0.4, 0.5) is 10.7 Å². The molecule has 2 amide bonds. The number of aryl methyl sites for hydroxylation is 1. The number of carbonyl (C=O) groups excluding carboxylic acids is 1. The zero-order chi connectivity index (χ0) is 21.6. The van der Waals surface area contributed by atoms with Gasteiger partial charge in [-0.15, -0.1) is 0 Å². The third-order valence-corrected chi connectivity index (χ3v) is 6.27. The van der Waals surface area contributed by atoms with E-state index in [2.05, 4.69) is 45.5 Å². The van der Waals surface area contributed by atoms with Gasteiger partial charge in [-0.05, 0) is 66.8 Å². The van der Waals surface area contributed by atoms with Gasteiger partial charge in [-0.3, -0.25) is 5.32 Å². The Balaban J connectivity index is 1.28. The molecular weight excluding hydrogens is 410 g/mol. The summed E-state index contributed by atoms with van der Waals surface area (Å²) < 4.78 is 11.1. The largest absolute Gasteiger partial charge is 0.493 e. The lowest BCUT2D eigenvalue weighted by molar-refractivity contribution is 0.207. The Morgan fingerprint density at radius 2 is 2.13 bits per heavy atom. The number of anilines is 1. The molecule has 3 aromatic rings. The number of thiophene rings is 1. The summed E-state index contributed by atoms with van der Waals surface area (Å²) in [7, 11) is 0. The van der Waals surface area contributed by atoms with Crippen molar-refractivity contribution in [3.05, 3.63) is 69.0 Å². The highest BCUT2D eigenvalue weighted by molar-refractivity contribution is 7.07. The fourth-order valence-electron chi connectivity index (χ4n) is 3.50. The van der Waals surface area contributed by atoms with Gasteiger partial charge in [0.15, 0.2) is 0 Å². The standard InChI is InChI=1S/C24H27N3O3S/c1-17-18(2)26-30-23(17)25-24(28)27-10-6-19(7-11-27)14-21-4-3-5-22(15-21)29-12-8-20-9-13-31-16-20/h3-5,9,13-16H,6-8,10-12H2,1-2H3,(H,25,28). The van der Waals surface area contributed by atoms with Crippen molar-refractivity contribution in [2.24, 2.45) is 0 Å². The number of likely N-dealkylation sites (tertiary alicyclic amines) is 1. The first-order chi connectivity index (χ1) is 15.1. The van der Waals surface area contributed by atoms with Crippen LogP contribution in [-0.4, -0.2) is 35.8 Å². The van der Waals surface area contributed by atoms with Gasteiger partial charge in [0.25, 0.3) is 0 Å². The van der Waals surface area contributed by atoms with E-state index in [1.807, 2.05) is 30.9 Å². The highest BCUT2D eigenvalue weighted by atomic mass is 32.1.